The standard InChI is InChI=1S/C16H11ClN2O4S/c17-11-3-1-2-10(8-11)14(20)18-16-19(6-7-24-16)9-12-4-5-13(23-12)15(21)22/h1-8H,9H2,(H,21,22). The number of carbonyl (C=O) groups is 2. The number of halogens is 1. The number of aromatic nitrogens is 1. The van der Waals surface area contributed by atoms with Crippen LogP contribution in [0.3, 0.4) is 0 Å². The predicted octanol–water partition coefficient (Wildman–Crippen LogP) is 3.28. The number of amides is 1. The summed E-state index contributed by atoms with van der Waals surface area (Å²) < 4.78 is 6.92. The summed E-state index contributed by atoms with van der Waals surface area (Å²) in [5, 5.41) is 11.1. The minimum atomic E-state index is -1.13. The minimum Gasteiger partial charge on any atom is -0.475 e. The van der Waals surface area contributed by atoms with Gasteiger partial charge in [-0.1, -0.05) is 17.7 Å². The van der Waals surface area contributed by atoms with E-state index >= 15 is 0 Å². The van der Waals surface area contributed by atoms with E-state index in [1.165, 1.54) is 17.4 Å². The lowest BCUT2D eigenvalue weighted by molar-refractivity contribution is 0.0660. The summed E-state index contributed by atoms with van der Waals surface area (Å²) in [5.74, 6) is -1.20. The molecule has 1 amide bonds. The third kappa shape index (κ3) is 3.64. The van der Waals surface area contributed by atoms with Crippen molar-refractivity contribution in [2.45, 2.75) is 6.54 Å². The van der Waals surface area contributed by atoms with Gasteiger partial charge >= 0.3 is 5.97 Å². The minimum absolute atomic E-state index is 0.130. The van der Waals surface area contributed by atoms with Gasteiger partial charge in [0, 0.05) is 22.2 Å². The number of nitrogens with zero attached hydrogens (tertiary/aromatic N) is 2. The van der Waals surface area contributed by atoms with Gasteiger partial charge < -0.3 is 14.1 Å². The van der Waals surface area contributed by atoms with E-state index in [0.29, 0.717) is 21.1 Å². The summed E-state index contributed by atoms with van der Waals surface area (Å²) in [6, 6.07) is 9.53. The number of aromatic carboxylic acids is 1. The molecule has 0 spiro atoms. The van der Waals surface area contributed by atoms with Crippen LogP contribution in [0.25, 0.3) is 0 Å². The van der Waals surface area contributed by atoms with Crippen LogP contribution in [0.5, 0.6) is 0 Å². The van der Waals surface area contributed by atoms with Gasteiger partial charge in [-0.25, -0.2) is 4.79 Å². The lowest BCUT2D eigenvalue weighted by Crippen LogP contribution is -2.16. The summed E-state index contributed by atoms with van der Waals surface area (Å²) in [5.41, 5.74) is 0.397. The molecular weight excluding hydrogens is 352 g/mol. The first-order chi connectivity index (χ1) is 11.5. The van der Waals surface area contributed by atoms with Gasteiger partial charge in [-0.05, 0) is 30.3 Å². The van der Waals surface area contributed by atoms with Crippen LogP contribution in [0.1, 0.15) is 26.7 Å². The SMILES string of the molecule is O=C(N=c1sccn1Cc1ccc(C(=O)O)o1)c1cccc(Cl)c1. The van der Waals surface area contributed by atoms with Crippen LogP contribution in [0.4, 0.5) is 0 Å². The van der Waals surface area contributed by atoms with Gasteiger partial charge in [0.25, 0.3) is 5.91 Å². The monoisotopic (exact) mass is 362 g/mol. The molecule has 3 rings (SSSR count). The van der Waals surface area contributed by atoms with Gasteiger partial charge in [0.05, 0.1) is 6.54 Å². The molecule has 0 atom stereocenters. The second kappa shape index (κ2) is 6.86. The van der Waals surface area contributed by atoms with Crippen LogP contribution in [0.2, 0.25) is 5.02 Å². The molecule has 0 aliphatic heterocycles. The van der Waals surface area contributed by atoms with Gasteiger partial charge in [0.1, 0.15) is 5.76 Å². The molecule has 0 unspecified atom stereocenters. The molecule has 1 N–H and O–H groups in total. The maximum atomic E-state index is 12.2. The van der Waals surface area contributed by atoms with Gasteiger partial charge in [0.2, 0.25) is 5.76 Å². The number of hydrogen-bond donors (Lipinski definition) is 1. The Morgan fingerprint density at radius 3 is 2.83 bits per heavy atom. The summed E-state index contributed by atoms with van der Waals surface area (Å²) >= 11 is 7.17. The van der Waals surface area contributed by atoms with E-state index in [1.54, 1.807) is 46.5 Å². The van der Waals surface area contributed by atoms with E-state index in [4.69, 9.17) is 21.1 Å². The quantitative estimate of drug-likeness (QED) is 0.771. The van der Waals surface area contributed by atoms with Crippen molar-refractivity contribution in [1.82, 2.24) is 4.57 Å². The van der Waals surface area contributed by atoms with Crippen molar-refractivity contribution in [3.05, 3.63) is 74.9 Å². The highest BCUT2D eigenvalue weighted by atomic mass is 35.5. The molecular formula is C16H11ClN2O4S. The molecule has 8 heteroatoms. The van der Waals surface area contributed by atoms with Crippen molar-refractivity contribution in [2.75, 3.05) is 0 Å². The molecule has 0 saturated heterocycles. The van der Waals surface area contributed by atoms with Gasteiger partial charge in [0.15, 0.2) is 4.80 Å². The molecule has 0 bridgehead atoms. The predicted molar refractivity (Wildman–Crippen MR) is 88.4 cm³/mol. The number of rotatable bonds is 4. The van der Waals surface area contributed by atoms with Crippen molar-refractivity contribution in [3.63, 3.8) is 0 Å². The van der Waals surface area contributed by atoms with Gasteiger partial charge in [-0.3, -0.25) is 4.79 Å². The lowest BCUT2D eigenvalue weighted by Gasteiger charge is -2.00. The first-order valence-corrected chi connectivity index (χ1v) is 8.09. The molecule has 0 aliphatic rings. The Hall–Kier alpha value is -2.64. The highest BCUT2D eigenvalue weighted by Gasteiger charge is 2.10. The first kappa shape index (κ1) is 16.2. The molecule has 3 aromatic rings. The van der Waals surface area contributed by atoms with E-state index in [-0.39, 0.29) is 12.3 Å². The zero-order chi connectivity index (χ0) is 17.1. The third-order valence-electron chi connectivity index (χ3n) is 3.13. The summed E-state index contributed by atoms with van der Waals surface area (Å²) in [6.45, 7) is 0.276. The molecule has 6 nitrogen and oxygen atoms in total. The van der Waals surface area contributed by atoms with Crippen LogP contribution in [0, 0.1) is 0 Å². The van der Waals surface area contributed by atoms with Crippen LogP contribution in [0.15, 0.2) is 57.4 Å². The molecule has 0 aliphatic carbocycles. The second-order valence-corrected chi connectivity index (χ2v) is 6.12. The van der Waals surface area contributed by atoms with Crippen molar-refractivity contribution in [2.24, 2.45) is 4.99 Å². The molecule has 1 aromatic carbocycles. The summed E-state index contributed by atoms with van der Waals surface area (Å²) in [6.07, 6.45) is 1.75. The lowest BCUT2D eigenvalue weighted by atomic mass is 10.2. The van der Waals surface area contributed by atoms with Crippen molar-refractivity contribution in [1.29, 1.82) is 0 Å². The molecule has 0 saturated carbocycles. The Bertz CT molecular complexity index is 970. The number of carboxylic acid groups (broad SMARTS) is 1. The van der Waals surface area contributed by atoms with Crippen LogP contribution in [-0.4, -0.2) is 21.6 Å². The fraction of sp³-hybridized carbons (Fsp3) is 0.0625. The topological polar surface area (TPSA) is 84.8 Å². The number of benzene rings is 1. The van der Waals surface area contributed by atoms with Crippen LogP contribution < -0.4 is 4.80 Å². The molecule has 2 aromatic heterocycles. The number of thiazole rings is 1. The normalized spacial score (nSPS) is 11.6. The Morgan fingerprint density at radius 1 is 1.29 bits per heavy atom. The Morgan fingerprint density at radius 2 is 2.12 bits per heavy atom. The highest BCUT2D eigenvalue weighted by Crippen LogP contribution is 2.12. The smallest absolute Gasteiger partial charge is 0.371 e. The zero-order valence-electron chi connectivity index (χ0n) is 12.2. The molecule has 24 heavy (non-hydrogen) atoms. The fourth-order valence-electron chi connectivity index (χ4n) is 2.03. The van der Waals surface area contributed by atoms with Crippen LogP contribution in [-0.2, 0) is 6.54 Å². The Labute approximate surface area is 145 Å². The number of furan rings is 1. The van der Waals surface area contributed by atoms with E-state index < -0.39 is 11.9 Å². The van der Waals surface area contributed by atoms with Gasteiger partial charge in [-0.2, -0.15) is 4.99 Å². The number of carboxylic acids is 1. The fourth-order valence-corrected chi connectivity index (χ4v) is 2.94. The largest absolute Gasteiger partial charge is 0.475 e. The molecule has 0 fully saturated rings. The zero-order valence-corrected chi connectivity index (χ0v) is 13.8. The maximum absolute atomic E-state index is 12.2. The summed E-state index contributed by atoms with van der Waals surface area (Å²) in [7, 11) is 0. The van der Waals surface area contributed by atoms with Crippen molar-refractivity contribution < 1.29 is 19.1 Å². The van der Waals surface area contributed by atoms with Gasteiger partial charge in [-0.15, -0.1) is 11.3 Å². The first-order valence-electron chi connectivity index (χ1n) is 6.83. The van der Waals surface area contributed by atoms with E-state index in [1.807, 2.05) is 0 Å². The third-order valence-corrected chi connectivity index (χ3v) is 4.16. The van der Waals surface area contributed by atoms with E-state index in [2.05, 4.69) is 4.99 Å². The molecule has 0 radical (unpaired) electrons. The van der Waals surface area contributed by atoms with Crippen molar-refractivity contribution in [3.8, 4) is 0 Å². The molecule has 2 heterocycles. The average Bonchev–Trinajstić information content (AvgIpc) is 3.18. The highest BCUT2D eigenvalue weighted by molar-refractivity contribution is 7.07. The second-order valence-electron chi connectivity index (χ2n) is 4.81. The van der Waals surface area contributed by atoms with E-state index in [9.17, 15) is 9.59 Å². The Kier molecular flexibility index (Phi) is 4.64. The summed E-state index contributed by atoms with van der Waals surface area (Å²) in [4.78, 5) is 27.6. The number of carbonyl (C=O) groups excluding carboxylic acids is 1. The maximum Gasteiger partial charge on any atom is 0.371 e. The Balaban J connectivity index is 1.86. The molecule has 122 valence electrons. The van der Waals surface area contributed by atoms with E-state index in [0.717, 1.165) is 0 Å². The van der Waals surface area contributed by atoms with Crippen molar-refractivity contribution >= 4 is 34.8 Å². The number of hydrogen-bond acceptors (Lipinski definition) is 4. The van der Waals surface area contributed by atoms with Crippen LogP contribution >= 0.6 is 22.9 Å². The average molecular weight is 363 g/mol.